The number of fused-ring (bicyclic) bond motifs is 2. The number of nitrogens with zero attached hydrogens (tertiary/aromatic N) is 1. The lowest BCUT2D eigenvalue weighted by Crippen LogP contribution is -2.07. The first-order valence-electron chi connectivity index (χ1n) is 6.69. The van der Waals surface area contributed by atoms with Crippen molar-refractivity contribution in [2.75, 3.05) is 5.32 Å². The fourth-order valence-corrected chi connectivity index (χ4v) is 4.25. The second-order valence-electron chi connectivity index (χ2n) is 5.05. The van der Waals surface area contributed by atoms with Crippen LogP contribution in [-0.2, 0) is 6.42 Å². The van der Waals surface area contributed by atoms with Gasteiger partial charge in [0.05, 0.1) is 21.6 Å². The normalized spacial score (nSPS) is 17.4. The Labute approximate surface area is 126 Å². The molecule has 0 bridgehead atoms. The van der Waals surface area contributed by atoms with E-state index < -0.39 is 0 Å². The molecule has 0 spiro atoms. The van der Waals surface area contributed by atoms with Gasteiger partial charge in [-0.05, 0) is 36.6 Å². The third-order valence-electron chi connectivity index (χ3n) is 3.81. The summed E-state index contributed by atoms with van der Waals surface area (Å²) < 4.78 is 0.887. The lowest BCUT2D eigenvalue weighted by molar-refractivity contribution is 0.763. The number of aromatic nitrogens is 1. The zero-order valence-corrected chi connectivity index (χ0v) is 12.3. The summed E-state index contributed by atoms with van der Waals surface area (Å²) in [5.74, 6) is 0. The summed E-state index contributed by atoms with van der Waals surface area (Å²) in [6, 6.07) is 12.8. The number of aryl methyl sites for hydroxylation is 1. The second kappa shape index (κ2) is 4.76. The van der Waals surface area contributed by atoms with Gasteiger partial charge in [0.2, 0.25) is 0 Å². The maximum atomic E-state index is 6.12. The molecule has 4 heteroatoms. The van der Waals surface area contributed by atoms with Gasteiger partial charge in [-0.2, -0.15) is 0 Å². The van der Waals surface area contributed by atoms with Gasteiger partial charge in [-0.3, -0.25) is 4.98 Å². The first-order valence-corrected chi connectivity index (χ1v) is 7.89. The van der Waals surface area contributed by atoms with Crippen molar-refractivity contribution in [3.8, 4) is 0 Å². The molecule has 3 aromatic rings. The van der Waals surface area contributed by atoms with Gasteiger partial charge in [0.1, 0.15) is 0 Å². The molecule has 0 fully saturated rings. The highest BCUT2D eigenvalue weighted by molar-refractivity contribution is 7.16. The molecule has 2 nitrogen and oxygen atoms in total. The first kappa shape index (κ1) is 12.2. The molecule has 0 aliphatic heterocycles. The quantitative estimate of drug-likeness (QED) is 0.716. The standard InChI is InChI=1S/C16H13ClN2S/c17-15-9-11-12(6-7-14(11)20-15)19-13-5-1-3-10-4-2-8-18-16(10)13/h1-5,8-9,12,19H,6-7H2. The minimum Gasteiger partial charge on any atom is -0.376 e. The number of thiophene rings is 1. The molecule has 20 heavy (non-hydrogen) atoms. The number of nitrogens with one attached hydrogen (secondary N) is 1. The zero-order valence-electron chi connectivity index (χ0n) is 10.8. The SMILES string of the molecule is Clc1cc2c(s1)CCC2Nc1cccc2cccnc12. The smallest absolute Gasteiger partial charge is 0.0934 e. The van der Waals surface area contributed by atoms with Crippen LogP contribution in [0.3, 0.4) is 0 Å². The van der Waals surface area contributed by atoms with Crippen molar-refractivity contribution in [2.45, 2.75) is 18.9 Å². The lowest BCUT2D eigenvalue weighted by atomic mass is 10.1. The van der Waals surface area contributed by atoms with E-state index in [0.717, 1.165) is 28.4 Å². The van der Waals surface area contributed by atoms with Crippen LogP contribution in [0.5, 0.6) is 0 Å². The highest BCUT2D eigenvalue weighted by Crippen LogP contribution is 2.41. The first-order chi connectivity index (χ1) is 9.81. The number of pyridine rings is 1. The van der Waals surface area contributed by atoms with E-state index >= 15 is 0 Å². The molecule has 0 amide bonds. The van der Waals surface area contributed by atoms with E-state index in [9.17, 15) is 0 Å². The summed E-state index contributed by atoms with van der Waals surface area (Å²) in [5.41, 5.74) is 3.49. The van der Waals surface area contributed by atoms with Crippen LogP contribution in [0.4, 0.5) is 5.69 Å². The van der Waals surface area contributed by atoms with Gasteiger partial charge in [0.25, 0.3) is 0 Å². The Kier molecular flexibility index (Phi) is 2.90. The van der Waals surface area contributed by atoms with Gasteiger partial charge < -0.3 is 5.32 Å². The summed E-state index contributed by atoms with van der Waals surface area (Å²) >= 11 is 7.82. The molecular weight excluding hydrogens is 288 g/mol. The molecule has 1 unspecified atom stereocenters. The van der Waals surface area contributed by atoms with Crippen molar-refractivity contribution in [3.63, 3.8) is 0 Å². The topological polar surface area (TPSA) is 24.9 Å². The van der Waals surface area contributed by atoms with Crippen LogP contribution in [0.2, 0.25) is 4.34 Å². The van der Waals surface area contributed by atoms with Crippen LogP contribution in [0, 0.1) is 0 Å². The molecule has 2 heterocycles. The summed E-state index contributed by atoms with van der Waals surface area (Å²) in [4.78, 5) is 5.92. The fraction of sp³-hybridized carbons (Fsp3) is 0.188. The zero-order chi connectivity index (χ0) is 13.5. The maximum Gasteiger partial charge on any atom is 0.0934 e. The largest absolute Gasteiger partial charge is 0.376 e. The molecule has 0 saturated heterocycles. The molecule has 100 valence electrons. The van der Waals surface area contributed by atoms with Crippen molar-refractivity contribution in [1.29, 1.82) is 0 Å². The molecule has 1 aliphatic carbocycles. The molecule has 4 rings (SSSR count). The summed E-state index contributed by atoms with van der Waals surface area (Å²) in [5, 5.41) is 4.80. The number of hydrogen-bond acceptors (Lipinski definition) is 3. The highest BCUT2D eigenvalue weighted by atomic mass is 35.5. The Bertz CT molecular complexity index is 776. The van der Waals surface area contributed by atoms with Crippen LogP contribution in [0.1, 0.15) is 22.9 Å². The minimum atomic E-state index is 0.348. The number of hydrogen-bond donors (Lipinski definition) is 1. The number of para-hydroxylation sites is 1. The molecule has 0 radical (unpaired) electrons. The van der Waals surface area contributed by atoms with E-state index in [4.69, 9.17) is 11.6 Å². The van der Waals surface area contributed by atoms with Crippen LogP contribution in [-0.4, -0.2) is 4.98 Å². The van der Waals surface area contributed by atoms with Gasteiger partial charge in [-0.1, -0.05) is 29.8 Å². The summed E-state index contributed by atoms with van der Waals surface area (Å²) in [6.45, 7) is 0. The third-order valence-corrected chi connectivity index (χ3v) is 5.15. The molecule has 1 atom stereocenters. The number of benzene rings is 1. The third kappa shape index (κ3) is 1.98. The van der Waals surface area contributed by atoms with Gasteiger partial charge >= 0.3 is 0 Å². The monoisotopic (exact) mass is 300 g/mol. The van der Waals surface area contributed by atoms with Crippen molar-refractivity contribution in [2.24, 2.45) is 0 Å². The Balaban J connectivity index is 1.72. The Morgan fingerprint density at radius 2 is 2.15 bits per heavy atom. The lowest BCUT2D eigenvalue weighted by Gasteiger charge is -2.15. The fourth-order valence-electron chi connectivity index (χ4n) is 2.89. The molecule has 1 N–H and O–H groups in total. The summed E-state index contributed by atoms with van der Waals surface area (Å²) in [7, 11) is 0. The van der Waals surface area contributed by atoms with Gasteiger partial charge in [-0.25, -0.2) is 0 Å². The van der Waals surface area contributed by atoms with E-state index in [1.54, 1.807) is 11.3 Å². The van der Waals surface area contributed by atoms with Crippen LogP contribution < -0.4 is 5.32 Å². The average molecular weight is 301 g/mol. The molecule has 2 aromatic heterocycles. The average Bonchev–Trinajstić information content (AvgIpc) is 3.00. The van der Waals surface area contributed by atoms with E-state index in [1.807, 2.05) is 12.3 Å². The number of rotatable bonds is 2. The second-order valence-corrected chi connectivity index (χ2v) is 6.81. The van der Waals surface area contributed by atoms with Crippen molar-refractivity contribution in [3.05, 3.63) is 57.4 Å². The van der Waals surface area contributed by atoms with Crippen molar-refractivity contribution < 1.29 is 0 Å². The molecular formula is C16H13ClN2S. The number of anilines is 1. The van der Waals surface area contributed by atoms with Gasteiger partial charge in [-0.15, -0.1) is 11.3 Å². The Morgan fingerprint density at radius 1 is 1.25 bits per heavy atom. The van der Waals surface area contributed by atoms with Gasteiger partial charge in [0, 0.05) is 16.5 Å². The predicted octanol–water partition coefficient (Wildman–Crippen LogP) is 5.05. The molecule has 0 saturated carbocycles. The highest BCUT2D eigenvalue weighted by Gasteiger charge is 2.25. The molecule has 1 aliphatic rings. The Hall–Kier alpha value is -1.58. The van der Waals surface area contributed by atoms with Crippen LogP contribution in [0.15, 0.2) is 42.6 Å². The minimum absolute atomic E-state index is 0.348. The van der Waals surface area contributed by atoms with Gasteiger partial charge in [0.15, 0.2) is 0 Å². The van der Waals surface area contributed by atoms with E-state index in [-0.39, 0.29) is 0 Å². The van der Waals surface area contributed by atoms with Crippen molar-refractivity contribution in [1.82, 2.24) is 4.98 Å². The summed E-state index contributed by atoms with van der Waals surface area (Å²) in [6.07, 6.45) is 4.08. The van der Waals surface area contributed by atoms with Crippen molar-refractivity contribution >= 4 is 39.5 Å². The van der Waals surface area contributed by atoms with E-state index in [1.165, 1.54) is 15.8 Å². The van der Waals surface area contributed by atoms with E-state index in [2.05, 4.69) is 40.6 Å². The molecule has 1 aromatic carbocycles. The number of halogens is 1. The predicted molar refractivity (Wildman–Crippen MR) is 85.8 cm³/mol. The van der Waals surface area contributed by atoms with E-state index in [0.29, 0.717) is 6.04 Å². The van der Waals surface area contributed by atoms with Crippen LogP contribution >= 0.6 is 22.9 Å². The Morgan fingerprint density at radius 3 is 3.10 bits per heavy atom. The van der Waals surface area contributed by atoms with Crippen LogP contribution in [0.25, 0.3) is 10.9 Å². The maximum absolute atomic E-state index is 6.12.